The second-order valence-electron chi connectivity index (χ2n) is 4.22. The average molecular weight is 290 g/mol. The van der Waals surface area contributed by atoms with Crippen molar-refractivity contribution in [3.05, 3.63) is 58.9 Å². The summed E-state index contributed by atoms with van der Waals surface area (Å²) in [5, 5.41) is 6.68. The number of benzene rings is 1. The number of nitrogens with one attached hydrogen (secondary N) is 2. The molecule has 0 saturated heterocycles. The van der Waals surface area contributed by atoms with E-state index in [0.717, 1.165) is 17.9 Å². The quantitative estimate of drug-likeness (QED) is 0.889. The molecule has 1 aromatic carbocycles. The Balaban J connectivity index is 2.01. The van der Waals surface area contributed by atoms with Crippen molar-refractivity contribution in [3.8, 4) is 0 Å². The second kappa shape index (κ2) is 6.91. The van der Waals surface area contributed by atoms with Crippen molar-refractivity contribution in [2.45, 2.75) is 13.5 Å². The van der Waals surface area contributed by atoms with E-state index in [1.165, 1.54) is 0 Å². The highest BCUT2D eigenvalue weighted by atomic mass is 35.5. The Labute approximate surface area is 123 Å². The number of pyridine rings is 1. The van der Waals surface area contributed by atoms with Crippen molar-refractivity contribution in [2.24, 2.45) is 0 Å². The number of carbonyl (C=O) groups is 1. The molecule has 20 heavy (non-hydrogen) atoms. The number of hydrogen-bond acceptors (Lipinski definition) is 3. The number of nitrogens with zero attached hydrogens (tertiary/aromatic N) is 1. The molecule has 0 fully saturated rings. The molecule has 5 heteroatoms. The zero-order chi connectivity index (χ0) is 14.4. The van der Waals surface area contributed by atoms with Crippen LogP contribution in [-0.4, -0.2) is 17.4 Å². The second-order valence-corrected chi connectivity index (χ2v) is 4.65. The summed E-state index contributed by atoms with van der Waals surface area (Å²) < 4.78 is 0. The minimum absolute atomic E-state index is 0.144. The minimum atomic E-state index is -0.144. The first-order chi connectivity index (χ1) is 9.70. The van der Waals surface area contributed by atoms with Crippen molar-refractivity contribution < 1.29 is 4.79 Å². The smallest absolute Gasteiger partial charge is 0.251 e. The number of hydrogen-bond donors (Lipinski definition) is 2. The van der Waals surface area contributed by atoms with Crippen molar-refractivity contribution in [1.82, 2.24) is 10.3 Å². The van der Waals surface area contributed by atoms with Gasteiger partial charge < -0.3 is 10.6 Å². The molecule has 2 rings (SSSR count). The molecule has 1 heterocycles. The summed E-state index contributed by atoms with van der Waals surface area (Å²) in [7, 11) is 0. The highest BCUT2D eigenvalue weighted by Crippen LogP contribution is 2.12. The molecule has 2 aromatic rings. The molecule has 2 N–H and O–H groups in total. The molecule has 0 bridgehead atoms. The van der Waals surface area contributed by atoms with E-state index in [9.17, 15) is 4.79 Å². The number of rotatable bonds is 5. The van der Waals surface area contributed by atoms with Gasteiger partial charge in [0.05, 0.1) is 17.9 Å². The summed E-state index contributed by atoms with van der Waals surface area (Å²) in [6.45, 7) is 3.21. The van der Waals surface area contributed by atoms with Crippen LogP contribution in [0.5, 0.6) is 0 Å². The fourth-order valence-electron chi connectivity index (χ4n) is 1.80. The van der Waals surface area contributed by atoms with Crippen LogP contribution in [0.4, 0.5) is 5.69 Å². The molecule has 1 amide bonds. The fourth-order valence-corrected chi connectivity index (χ4v) is 1.92. The van der Waals surface area contributed by atoms with Crippen molar-refractivity contribution in [1.29, 1.82) is 0 Å². The first kappa shape index (κ1) is 14.3. The van der Waals surface area contributed by atoms with E-state index in [4.69, 9.17) is 11.6 Å². The Bertz CT molecular complexity index is 584. The molecule has 0 unspecified atom stereocenters. The van der Waals surface area contributed by atoms with Crippen LogP contribution in [0.15, 0.2) is 42.6 Å². The van der Waals surface area contributed by atoms with Gasteiger partial charge in [-0.15, -0.1) is 0 Å². The molecule has 1 aromatic heterocycles. The molecule has 104 valence electrons. The lowest BCUT2D eigenvalue weighted by molar-refractivity contribution is 0.0950. The van der Waals surface area contributed by atoms with Crippen LogP contribution in [0.2, 0.25) is 5.02 Å². The first-order valence-corrected chi connectivity index (χ1v) is 6.80. The van der Waals surface area contributed by atoms with Crippen LogP contribution in [0, 0.1) is 0 Å². The third kappa shape index (κ3) is 3.71. The summed E-state index contributed by atoms with van der Waals surface area (Å²) in [4.78, 5) is 16.3. The Morgan fingerprint density at radius 2 is 2.00 bits per heavy atom. The van der Waals surface area contributed by atoms with Gasteiger partial charge in [-0.2, -0.15) is 0 Å². The normalized spacial score (nSPS) is 10.1. The molecule has 0 spiro atoms. The van der Waals surface area contributed by atoms with E-state index >= 15 is 0 Å². The van der Waals surface area contributed by atoms with Crippen molar-refractivity contribution in [3.63, 3.8) is 0 Å². The van der Waals surface area contributed by atoms with Crippen molar-refractivity contribution in [2.75, 3.05) is 11.9 Å². The number of anilines is 1. The van der Waals surface area contributed by atoms with Gasteiger partial charge >= 0.3 is 0 Å². The fraction of sp³-hybridized carbons (Fsp3) is 0.200. The maximum absolute atomic E-state index is 12.0. The van der Waals surface area contributed by atoms with E-state index in [0.29, 0.717) is 17.1 Å². The zero-order valence-corrected chi connectivity index (χ0v) is 11.9. The average Bonchev–Trinajstić information content (AvgIpc) is 2.47. The van der Waals surface area contributed by atoms with Gasteiger partial charge in [0.2, 0.25) is 0 Å². The van der Waals surface area contributed by atoms with Gasteiger partial charge in [0.25, 0.3) is 5.91 Å². The van der Waals surface area contributed by atoms with Crippen LogP contribution in [0.3, 0.4) is 0 Å². The molecule has 0 radical (unpaired) electrons. The largest absolute Gasteiger partial charge is 0.384 e. The molecule has 0 saturated carbocycles. The van der Waals surface area contributed by atoms with Crippen LogP contribution >= 0.6 is 11.6 Å². The maximum atomic E-state index is 12.0. The predicted octanol–water partition coefficient (Wildman–Crippen LogP) is 3.10. The summed E-state index contributed by atoms with van der Waals surface area (Å²) in [6.07, 6.45) is 1.71. The molecule has 0 aliphatic carbocycles. The number of halogens is 1. The molecular weight excluding hydrogens is 274 g/mol. The lowest BCUT2D eigenvalue weighted by atomic mass is 10.2. The van der Waals surface area contributed by atoms with Gasteiger partial charge in [0, 0.05) is 23.3 Å². The predicted molar refractivity (Wildman–Crippen MR) is 81.0 cm³/mol. The van der Waals surface area contributed by atoms with Crippen LogP contribution < -0.4 is 10.6 Å². The topological polar surface area (TPSA) is 54.0 Å². The Hall–Kier alpha value is -2.07. The summed E-state index contributed by atoms with van der Waals surface area (Å²) >= 11 is 5.79. The van der Waals surface area contributed by atoms with Crippen LogP contribution in [0.1, 0.15) is 23.0 Å². The van der Waals surface area contributed by atoms with E-state index in [2.05, 4.69) is 15.6 Å². The molecule has 0 aliphatic rings. The van der Waals surface area contributed by atoms with E-state index in [1.807, 2.05) is 19.1 Å². The molecular formula is C15H16ClN3O. The van der Waals surface area contributed by atoms with Gasteiger partial charge in [0.1, 0.15) is 0 Å². The number of amides is 1. The molecule has 0 aliphatic heterocycles. The van der Waals surface area contributed by atoms with Gasteiger partial charge in [-0.05, 0) is 43.3 Å². The number of aromatic nitrogens is 1. The molecule has 0 atom stereocenters. The monoisotopic (exact) mass is 289 g/mol. The highest BCUT2D eigenvalue weighted by Gasteiger charge is 2.07. The van der Waals surface area contributed by atoms with Crippen LogP contribution in [0.25, 0.3) is 0 Å². The van der Waals surface area contributed by atoms with Gasteiger partial charge in [-0.3, -0.25) is 9.78 Å². The number of carbonyl (C=O) groups excluding carboxylic acids is 1. The van der Waals surface area contributed by atoms with E-state index < -0.39 is 0 Å². The minimum Gasteiger partial charge on any atom is -0.384 e. The summed E-state index contributed by atoms with van der Waals surface area (Å²) in [6, 6.07) is 10.6. The lowest BCUT2D eigenvalue weighted by Crippen LogP contribution is -2.23. The lowest BCUT2D eigenvalue weighted by Gasteiger charge is -2.10. The van der Waals surface area contributed by atoms with Gasteiger partial charge in [0.15, 0.2) is 0 Å². The Kier molecular flexibility index (Phi) is 4.96. The Morgan fingerprint density at radius 1 is 1.25 bits per heavy atom. The zero-order valence-electron chi connectivity index (χ0n) is 11.2. The Morgan fingerprint density at radius 3 is 2.70 bits per heavy atom. The molecule has 4 nitrogen and oxygen atoms in total. The van der Waals surface area contributed by atoms with Crippen molar-refractivity contribution >= 4 is 23.2 Å². The third-order valence-electron chi connectivity index (χ3n) is 2.78. The summed E-state index contributed by atoms with van der Waals surface area (Å²) in [5.41, 5.74) is 2.33. The van der Waals surface area contributed by atoms with Crippen LogP contribution in [-0.2, 0) is 6.54 Å². The highest BCUT2D eigenvalue weighted by molar-refractivity contribution is 6.30. The third-order valence-corrected chi connectivity index (χ3v) is 3.03. The maximum Gasteiger partial charge on any atom is 0.251 e. The van der Waals surface area contributed by atoms with Gasteiger partial charge in [-0.25, -0.2) is 0 Å². The van der Waals surface area contributed by atoms with E-state index in [-0.39, 0.29) is 5.91 Å². The van der Waals surface area contributed by atoms with E-state index in [1.54, 1.807) is 30.5 Å². The SMILES string of the molecule is CCNc1cccnc1CNC(=O)c1ccc(Cl)cc1. The standard InChI is InChI=1S/C15H16ClN3O/c1-2-17-13-4-3-9-18-14(13)10-19-15(20)11-5-7-12(16)8-6-11/h3-9,17H,2,10H2,1H3,(H,19,20). The summed E-state index contributed by atoms with van der Waals surface area (Å²) in [5.74, 6) is -0.144. The first-order valence-electron chi connectivity index (χ1n) is 6.42. The van der Waals surface area contributed by atoms with Gasteiger partial charge in [-0.1, -0.05) is 11.6 Å².